The molecule has 0 bridgehead atoms. The molecule has 0 heterocycles. The van der Waals surface area contributed by atoms with Gasteiger partial charge in [-0.25, -0.2) is 4.39 Å². The minimum atomic E-state index is -0.979. The highest BCUT2D eigenvalue weighted by atomic mass is 35.5. The van der Waals surface area contributed by atoms with Crippen molar-refractivity contribution in [1.29, 1.82) is 0 Å². The predicted octanol–water partition coefficient (Wildman–Crippen LogP) is 2.73. The van der Waals surface area contributed by atoms with E-state index in [2.05, 4.69) is 0 Å². The number of rotatable bonds is 6. The fourth-order valence-electron chi connectivity index (χ4n) is 1.84. The van der Waals surface area contributed by atoms with Crippen LogP contribution in [0.4, 0.5) is 4.39 Å². The monoisotopic (exact) mass is 301 g/mol. The number of nitrogens with zero attached hydrogens (tertiary/aromatic N) is 1. The lowest BCUT2D eigenvalue weighted by atomic mass is 10.1. The third-order valence-corrected chi connectivity index (χ3v) is 3.25. The summed E-state index contributed by atoms with van der Waals surface area (Å²) >= 11 is 5.88. The molecule has 1 rings (SSSR count). The van der Waals surface area contributed by atoms with Crippen molar-refractivity contribution in [3.8, 4) is 0 Å². The van der Waals surface area contributed by atoms with Crippen LogP contribution >= 0.6 is 11.6 Å². The molecule has 0 aliphatic heterocycles. The van der Waals surface area contributed by atoms with E-state index >= 15 is 0 Å². The van der Waals surface area contributed by atoms with Crippen LogP contribution in [0.3, 0.4) is 0 Å². The maximum absolute atomic E-state index is 13.6. The molecule has 0 radical (unpaired) electrons. The van der Waals surface area contributed by atoms with Crippen LogP contribution in [0.5, 0.6) is 0 Å². The molecule has 1 aromatic carbocycles. The minimum absolute atomic E-state index is 0.0951. The zero-order valence-corrected chi connectivity index (χ0v) is 12.2. The van der Waals surface area contributed by atoms with E-state index in [1.165, 1.54) is 23.1 Å². The standard InChI is InChI=1S/C14H17ClFNO3/c1-9(2)17(7-6-14(19)20)13(18)8-10-11(15)4-3-5-12(10)16/h3-5,9H,6-8H2,1-2H3,(H,19,20). The molecule has 110 valence electrons. The summed E-state index contributed by atoms with van der Waals surface area (Å²) in [6.07, 6.45) is -0.321. The van der Waals surface area contributed by atoms with E-state index in [0.29, 0.717) is 0 Å². The summed E-state index contributed by atoms with van der Waals surface area (Å²) in [4.78, 5) is 24.2. The summed E-state index contributed by atoms with van der Waals surface area (Å²) in [6.45, 7) is 3.66. The number of aliphatic carboxylic acids is 1. The highest BCUT2D eigenvalue weighted by molar-refractivity contribution is 6.31. The molecule has 0 saturated carbocycles. The van der Waals surface area contributed by atoms with Crippen LogP contribution in [-0.4, -0.2) is 34.5 Å². The molecule has 6 heteroatoms. The average Bonchev–Trinajstić information content (AvgIpc) is 2.33. The number of amides is 1. The third kappa shape index (κ3) is 4.49. The van der Waals surface area contributed by atoms with Gasteiger partial charge in [-0.15, -0.1) is 0 Å². The predicted molar refractivity (Wildman–Crippen MR) is 74.2 cm³/mol. The Balaban J connectivity index is 2.83. The van der Waals surface area contributed by atoms with Crippen molar-refractivity contribution in [3.05, 3.63) is 34.6 Å². The molecule has 1 aromatic rings. The van der Waals surface area contributed by atoms with Crippen molar-refractivity contribution < 1.29 is 19.1 Å². The van der Waals surface area contributed by atoms with Crippen LogP contribution in [-0.2, 0) is 16.0 Å². The Morgan fingerprint density at radius 3 is 2.55 bits per heavy atom. The lowest BCUT2D eigenvalue weighted by Gasteiger charge is -2.26. The van der Waals surface area contributed by atoms with Crippen LogP contribution in [0.25, 0.3) is 0 Å². The first-order valence-corrected chi connectivity index (χ1v) is 6.65. The molecule has 0 unspecified atom stereocenters. The lowest BCUT2D eigenvalue weighted by Crippen LogP contribution is -2.39. The third-order valence-electron chi connectivity index (χ3n) is 2.90. The molecule has 0 atom stereocenters. The number of hydrogen-bond acceptors (Lipinski definition) is 2. The van der Waals surface area contributed by atoms with Crippen molar-refractivity contribution in [2.75, 3.05) is 6.54 Å². The highest BCUT2D eigenvalue weighted by Crippen LogP contribution is 2.20. The van der Waals surface area contributed by atoms with Gasteiger partial charge >= 0.3 is 5.97 Å². The van der Waals surface area contributed by atoms with Crippen molar-refractivity contribution in [1.82, 2.24) is 4.90 Å². The van der Waals surface area contributed by atoms with Gasteiger partial charge in [0.1, 0.15) is 5.82 Å². The van der Waals surface area contributed by atoms with Crippen LogP contribution in [0.2, 0.25) is 5.02 Å². The van der Waals surface area contributed by atoms with Crippen molar-refractivity contribution >= 4 is 23.5 Å². The van der Waals surface area contributed by atoms with Gasteiger partial charge in [0.25, 0.3) is 0 Å². The summed E-state index contributed by atoms with van der Waals surface area (Å²) in [5.41, 5.74) is 0.139. The van der Waals surface area contributed by atoms with Gasteiger partial charge in [0, 0.05) is 23.2 Å². The van der Waals surface area contributed by atoms with E-state index in [1.807, 2.05) is 0 Å². The minimum Gasteiger partial charge on any atom is -0.481 e. The van der Waals surface area contributed by atoms with Gasteiger partial charge in [0.2, 0.25) is 5.91 Å². The van der Waals surface area contributed by atoms with Crippen LogP contribution in [0, 0.1) is 5.82 Å². The van der Waals surface area contributed by atoms with E-state index in [1.54, 1.807) is 13.8 Å². The van der Waals surface area contributed by atoms with Crippen LogP contribution in [0.1, 0.15) is 25.8 Å². The second-order valence-electron chi connectivity index (χ2n) is 4.70. The van der Waals surface area contributed by atoms with E-state index in [0.717, 1.165) is 0 Å². The second-order valence-corrected chi connectivity index (χ2v) is 5.11. The van der Waals surface area contributed by atoms with Gasteiger partial charge in [0.05, 0.1) is 12.8 Å². The van der Waals surface area contributed by atoms with E-state index in [9.17, 15) is 14.0 Å². The molecule has 0 spiro atoms. The van der Waals surface area contributed by atoms with Gasteiger partial charge in [-0.1, -0.05) is 17.7 Å². The molecule has 4 nitrogen and oxygen atoms in total. The zero-order valence-electron chi connectivity index (χ0n) is 11.4. The summed E-state index contributed by atoms with van der Waals surface area (Å²) < 4.78 is 13.6. The molecule has 20 heavy (non-hydrogen) atoms. The van der Waals surface area contributed by atoms with Crippen molar-refractivity contribution in [2.24, 2.45) is 0 Å². The molecule has 1 N–H and O–H groups in total. The van der Waals surface area contributed by atoms with Crippen LogP contribution < -0.4 is 0 Å². The number of carboxylic acid groups (broad SMARTS) is 1. The first-order valence-electron chi connectivity index (χ1n) is 6.27. The van der Waals surface area contributed by atoms with E-state index < -0.39 is 11.8 Å². The Morgan fingerprint density at radius 2 is 2.05 bits per heavy atom. The summed E-state index contributed by atoms with van der Waals surface area (Å²) in [5.74, 6) is -1.85. The van der Waals surface area contributed by atoms with E-state index in [4.69, 9.17) is 16.7 Å². The molecule has 0 aromatic heterocycles. The first kappa shape index (κ1) is 16.4. The SMILES string of the molecule is CC(C)N(CCC(=O)O)C(=O)Cc1c(F)cccc1Cl. The second kappa shape index (κ2) is 7.24. The maximum atomic E-state index is 13.6. The number of hydrogen-bond donors (Lipinski definition) is 1. The fourth-order valence-corrected chi connectivity index (χ4v) is 2.07. The van der Waals surface area contributed by atoms with Crippen LogP contribution in [0.15, 0.2) is 18.2 Å². The normalized spacial score (nSPS) is 10.7. The Hall–Kier alpha value is -1.62. The molecular formula is C14H17ClFNO3. The Kier molecular flexibility index (Phi) is 5.95. The molecule has 0 aliphatic carbocycles. The highest BCUT2D eigenvalue weighted by Gasteiger charge is 2.20. The summed E-state index contributed by atoms with van der Waals surface area (Å²) in [6, 6.07) is 4.07. The topological polar surface area (TPSA) is 57.6 Å². The number of carbonyl (C=O) groups excluding carboxylic acids is 1. The zero-order chi connectivity index (χ0) is 15.3. The molecular weight excluding hydrogens is 285 g/mol. The smallest absolute Gasteiger partial charge is 0.305 e. The van der Waals surface area contributed by atoms with Crippen molar-refractivity contribution in [3.63, 3.8) is 0 Å². The number of carboxylic acids is 1. The van der Waals surface area contributed by atoms with Gasteiger partial charge < -0.3 is 10.0 Å². The lowest BCUT2D eigenvalue weighted by molar-refractivity contribution is -0.139. The summed E-state index contributed by atoms with van der Waals surface area (Å²) in [7, 11) is 0. The number of benzene rings is 1. The van der Waals surface area contributed by atoms with Gasteiger partial charge in [-0.05, 0) is 26.0 Å². The molecule has 1 amide bonds. The van der Waals surface area contributed by atoms with Gasteiger partial charge in [0.15, 0.2) is 0 Å². The fraction of sp³-hybridized carbons (Fsp3) is 0.429. The Bertz CT molecular complexity index is 485. The first-order chi connectivity index (χ1) is 9.32. The summed E-state index contributed by atoms with van der Waals surface area (Å²) in [5, 5.41) is 8.88. The Labute approximate surface area is 122 Å². The molecule has 0 aliphatic rings. The van der Waals surface area contributed by atoms with Gasteiger partial charge in [-0.2, -0.15) is 0 Å². The van der Waals surface area contributed by atoms with Gasteiger partial charge in [-0.3, -0.25) is 9.59 Å². The maximum Gasteiger partial charge on any atom is 0.305 e. The number of carbonyl (C=O) groups is 2. The quantitative estimate of drug-likeness (QED) is 0.879. The largest absolute Gasteiger partial charge is 0.481 e. The molecule has 0 saturated heterocycles. The number of halogens is 2. The van der Waals surface area contributed by atoms with Crippen molar-refractivity contribution in [2.45, 2.75) is 32.7 Å². The van der Waals surface area contributed by atoms with E-state index in [-0.39, 0.29) is 41.9 Å². The average molecular weight is 302 g/mol. The molecule has 0 fully saturated rings. The Morgan fingerprint density at radius 1 is 1.40 bits per heavy atom.